The third-order valence-electron chi connectivity index (χ3n) is 2.08. The summed E-state index contributed by atoms with van der Waals surface area (Å²) < 4.78 is 39.3. The number of hydrogen-bond donors (Lipinski definition) is 2. The molecule has 0 bridgehead atoms. The summed E-state index contributed by atoms with van der Waals surface area (Å²) in [5.74, 6) is 4.16. The highest BCUT2D eigenvalue weighted by Gasteiger charge is 2.17. The van der Waals surface area contributed by atoms with E-state index in [1.54, 1.807) is 0 Å². The van der Waals surface area contributed by atoms with Crippen LogP contribution in [0.5, 0.6) is 0 Å². The molecule has 0 unspecified atom stereocenters. The standard InChI is InChI=1S/C12H14FNO3S/c1-2-7-14-18(16,17)12-6-5-11(13)9-10(12)4-3-8-15/h5-6,9,14-15H,2,7-8H2,1H3. The molecule has 1 rings (SSSR count). The Kier molecular flexibility index (Phi) is 5.28. The Bertz CT molecular complexity index is 573. The van der Waals surface area contributed by atoms with E-state index < -0.39 is 22.4 Å². The number of nitrogens with one attached hydrogen (secondary N) is 1. The van der Waals surface area contributed by atoms with Gasteiger partial charge >= 0.3 is 0 Å². The number of rotatable bonds is 4. The van der Waals surface area contributed by atoms with Gasteiger partial charge in [-0.2, -0.15) is 0 Å². The number of benzene rings is 1. The van der Waals surface area contributed by atoms with Gasteiger partial charge in [-0.3, -0.25) is 0 Å². The fraction of sp³-hybridized carbons (Fsp3) is 0.333. The van der Waals surface area contributed by atoms with Crippen molar-refractivity contribution in [2.75, 3.05) is 13.2 Å². The van der Waals surface area contributed by atoms with Gasteiger partial charge in [0.15, 0.2) is 0 Å². The van der Waals surface area contributed by atoms with E-state index in [0.717, 1.165) is 18.2 Å². The minimum atomic E-state index is -3.70. The fourth-order valence-electron chi connectivity index (χ4n) is 1.28. The SMILES string of the molecule is CCCNS(=O)(=O)c1ccc(F)cc1C#CCO. The molecule has 0 atom stereocenters. The van der Waals surface area contributed by atoms with E-state index >= 15 is 0 Å². The fourth-order valence-corrected chi connectivity index (χ4v) is 2.56. The smallest absolute Gasteiger partial charge is 0.241 e. The van der Waals surface area contributed by atoms with Gasteiger partial charge < -0.3 is 5.11 Å². The van der Waals surface area contributed by atoms with E-state index in [1.165, 1.54) is 0 Å². The van der Waals surface area contributed by atoms with Gasteiger partial charge in [-0.1, -0.05) is 18.8 Å². The summed E-state index contributed by atoms with van der Waals surface area (Å²) in [6.07, 6.45) is 0.651. The van der Waals surface area contributed by atoms with E-state index in [2.05, 4.69) is 16.6 Å². The molecule has 98 valence electrons. The highest BCUT2D eigenvalue weighted by molar-refractivity contribution is 7.89. The highest BCUT2D eigenvalue weighted by atomic mass is 32.2. The van der Waals surface area contributed by atoms with Crippen LogP contribution in [-0.2, 0) is 10.0 Å². The molecule has 1 aromatic rings. The zero-order valence-corrected chi connectivity index (χ0v) is 10.7. The molecule has 2 N–H and O–H groups in total. The van der Waals surface area contributed by atoms with E-state index in [-0.39, 0.29) is 10.5 Å². The molecule has 0 aliphatic heterocycles. The van der Waals surface area contributed by atoms with Gasteiger partial charge in [0, 0.05) is 12.1 Å². The number of aliphatic hydroxyl groups is 1. The van der Waals surface area contributed by atoms with Crippen molar-refractivity contribution in [2.45, 2.75) is 18.2 Å². The molecule has 18 heavy (non-hydrogen) atoms. The summed E-state index contributed by atoms with van der Waals surface area (Å²) in [4.78, 5) is -0.0849. The topological polar surface area (TPSA) is 66.4 Å². The van der Waals surface area contributed by atoms with Crippen molar-refractivity contribution in [1.82, 2.24) is 4.72 Å². The van der Waals surface area contributed by atoms with Crippen LogP contribution < -0.4 is 4.72 Å². The summed E-state index contributed by atoms with van der Waals surface area (Å²) >= 11 is 0. The van der Waals surface area contributed by atoms with Crippen molar-refractivity contribution in [1.29, 1.82) is 0 Å². The zero-order valence-electron chi connectivity index (χ0n) is 9.90. The Morgan fingerprint density at radius 1 is 1.44 bits per heavy atom. The molecule has 0 fully saturated rings. The molecule has 0 amide bonds. The summed E-state index contributed by atoms with van der Waals surface area (Å²) in [6.45, 7) is 1.71. The van der Waals surface area contributed by atoms with E-state index in [0.29, 0.717) is 13.0 Å². The largest absolute Gasteiger partial charge is 0.384 e. The third-order valence-corrected chi connectivity index (χ3v) is 3.59. The van der Waals surface area contributed by atoms with Crippen LogP contribution in [0.15, 0.2) is 23.1 Å². The molecule has 1 aromatic carbocycles. The average Bonchev–Trinajstić information content (AvgIpc) is 2.33. The van der Waals surface area contributed by atoms with Crippen LogP contribution in [0, 0.1) is 17.7 Å². The van der Waals surface area contributed by atoms with Crippen molar-refractivity contribution in [3.63, 3.8) is 0 Å². The van der Waals surface area contributed by atoms with Crippen molar-refractivity contribution < 1.29 is 17.9 Å². The van der Waals surface area contributed by atoms with Gasteiger partial charge in [0.05, 0.1) is 4.90 Å². The first-order valence-corrected chi connectivity index (χ1v) is 6.88. The monoisotopic (exact) mass is 271 g/mol. The zero-order chi connectivity index (χ0) is 13.6. The minimum Gasteiger partial charge on any atom is -0.384 e. The number of sulfonamides is 1. The van der Waals surface area contributed by atoms with Crippen LogP contribution in [-0.4, -0.2) is 26.7 Å². The van der Waals surface area contributed by atoms with Gasteiger partial charge in [0.2, 0.25) is 10.0 Å². The molecule has 0 radical (unpaired) electrons. The van der Waals surface area contributed by atoms with Crippen molar-refractivity contribution in [2.24, 2.45) is 0 Å². The number of hydrogen-bond acceptors (Lipinski definition) is 3. The van der Waals surface area contributed by atoms with E-state index in [1.807, 2.05) is 6.92 Å². The van der Waals surface area contributed by atoms with E-state index in [4.69, 9.17) is 5.11 Å². The van der Waals surface area contributed by atoms with E-state index in [9.17, 15) is 12.8 Å². The predicted molar refractivity (Wildman–Crippen MR) is 65.8 cm³/mol. The predicted octanol–water partition coefficient (Wildman–Crippen LogP) is 0.858. The summed E-state index contributed by atoms with van der Waals surface area (Å²) in [5, 5.41) is 8.60. The van der Waals surface area contributed by atoms with Crippen LogP contribution in [0.4, 0.5) is 4.39 Å². The number of aliphatic hydroxyl groups excluding tert-OH is 1. The average molecular weight is 271 g/mol. The van der Waals surface area contributed by atoms with Crippen LogP contribution in [0.3, 0.4) is 0 Å². The molecular formula is C12H14FNO3S. The van der Waals surface area contributed by atoms with Gasteiger partial charge in [-0.05, 0) is 24.6 Å². The molecule has 0 saturated heterocycles. The second-order valence-electron chi connectivity index (χ2n) is 3.50. The Morgan fingerprint density at radius 2 is 2.17 bits per heavy atom. The Balaban J connectivity index is 3.23. The lowest BCUT2D eigenvalue weighted by Crippen LogP contribution is -2.25. The summed E-state index contributed by atoms with van der Waals surface area (Å²) in [5.41, 5.74) is 0.0349. The Hall–Kier alpha value is -1.42. The normalized spacial score (nSPS) is 10.8. The molecule has 4 nitrogen and oxygen atoms in total. The quantitative estimate of drug-likeness (QED) is 0.798. The number of halogens is 1. The lowest BCUT2D eigenvalue weighted by molar-refractivity contribution is 0.350. The first-order valence-electron chi connectivity index (χ1n) is 5.40. The van der Waals surface area contributed by atoms with Crippen molar-refractivity contribution in [3.8, 4) is 11.8 Å². The van der Waals surface area contributed by atoms with Crippen LogP contribution >= 0.6 is 0 Å². The van der Waals surface area contributed by atoms with Gasteiger partial charge in [0.1, 0.15) is 12.4 Å². The molecule has 0 aliphatic carbocycles. The summed E-state index contributed by atoms with van der Waals surface area (Å²) in [7, 11) is -3.70. The summed E-state index contributed by atoms with van der Waals surface area (Å²) in [6, 6.07) is 3.25. The first-order chi connectivity index (χ1) is 8.51. The molecule has 0 heterocycles. The van der Waals surface area contributed by atoms with Crippen LogP contribution in [0.2, 0.25) is 0 Å². The second kappa shape index (κ2) is 6.50. The Morgan fingerprint density at radius 3 is 2.78 bits per heavy atom. The van der Waals surface area contributed by atoms with Crippen molar-refractivity contribution >= 4 is 10.0 Å². The molecule has 6 heteroatoms. The molecule has 0 saturated carbocycles. The molecular weight excluding hydrogens is 257 g/mol. The Labute approximate surface area is 106 Å². The van der Waals surface area contributed by atoms with Gasteiger partial charge in [0.25, 0.3) is 0 Å². The lowest BCUT2D eigenvalue weighted by atomic mass is 10.2. The maximum atomic E-state index is 13.1. The third kappa shape index (κ3) is 3.81. The van der Waals surface area contributed by atoms with Crippen molar-refractivity contribution in [3.05, 3.63) is 29.6 Å². The minimum absolute atomic E-state index is 0.0349. The second-order valence-corrected chi connectivity index (χ2v) is 5.23. The first kappa shape index (κ1) is 14.6. The highest BCUT2D eigenvalue weighted by Crippen LogP contribution is 2.16. The maximum Gasteiger partial charge on any atom is 0.241 e. The molecule has 0 spiro atoms. The molecule has 0 aliphatic rings. The maximum absolute atomic E-state index is 13.1. The van der Waals surface area contributed by atoms with Gasteiger partial charge in [-0.25, -0.2) is 17.5 Å². The molecule has 0 aromatic heterocycles. The lowest BCUT2D eigenvalue weighted by Gasteiger charge is -2.07. The van der Waals surface area contributed by atoms with Crippen LogP contribution in [0.25, 0.3) is 0 Å². The van der Waals surface area contributed by atoms with Crippen LogP contribution in [0.1, 0.15) is 18.9 Å². The van der Waals surface area contributed by atoms with Gasteiger partial charge in [-0.15, -0.1) is 0 Å².